The largest absolute Gasteiger partial charge is 0.444 e. The summed E-state index contributed by atoms with van der Waals surface area (Å²) in [5.41, 5.74) is 9.34. The fraction of sp³-hybridized carbons (Fsp3) is 0.480. The maximum atomic E-state index is 13.0. The number of ether oxygens (including phenoxy) is 1. The number of hydrogen-bond acceptors (Lipinski definition) is 6. The maximum Gasteiger partial charge on any atom is 0.410 e. The van der Waals surface area contributed by atoms with Gasteiger partial charge in [0.15, 0.2) is 0 Å². The molecule has 0 spiro atoms. The lowest BCUT2D eigenvalue weighted by molar-refractivity contribution is 0.0223. The minimum atomic E-state index is -0.531. The highest BCUT2D eigenvalue weighted by Gasteiger charge is 2.26. The Morgan fingerprint density at radius 3 is 2.55 bits per heavy atom. The summed E-state index contributed by atoms with van der Waals surface area (Å²) < 4.78 is 5.48. The molecule has 0 unspecified atom stereocenters. The molecule has 0 bridgehead atoms. The molecule has 2 aliphatic rings. The van der Waals surface area contributed by atoms with E-state index in [1.54, 1.807) is 17.0 Å². The van der Waals surface area contributed by atoms with E-state index in [0.717, 1.165) is 42.9 Å². The second-order valence-corrected chi connectivity index (χ2v) is 9.73. The average Bonchev–Trinajstić information content (AvgIpc) is 2.78. The monoisotopic (exact) mass is 451 g/mol. The van der Waals surface area contributed by atoms with Crippen molar-refractivity contribution < 1.29 is 14.3 Å². The summed E-state index contributed by atoms with van der Waals surface area (Å²) >= 11 is 0. The Bertz CT molecular complexity index is 1040. The second-order valence-electron chi connectivity index (χ2n) is 9.73. The van der Waals surface area contributed by atoms with Gasteiger partial charge in [-0.2, -0.15) is 0 Å². The van der Waals surface area contributed by atoms with E-state index < -0.39 is 5.60 Å². The molecule has 0 radical (unpaired) electrons. The van der Waals surface area contributed by atoms with E-state index in [0.29, 0.717) is 36.6 Å². The Kier molecular flexibility index (Phi) is 6.44. The maximum absolute atomic E-state index is 13.0. The van der Waals surface area contributed by atoms with E-state index in [1.165, 1.54) is 6.42 Å². The molecule has 3 heterocycles. The van der Waals surface area contributed by atoms with Gasteiger partial charge in [-0.25, -0.2) is 9.78 Å². The lowest BCUT2D eigenvalue weighted by atomic mass is 10.1. The van der Waals surface area contributed by atoms with Crippen LogP contribution in [-0.4, -0.2) is 47.1 Å². The summed E-state index contributed by atoms with van der Waals surface area (Å²) in [5.74, 6) is 0.206. The number of piperidine rings is 1. The van der Waals surface area contributed by atoms with Crippen LogP contribution in [0, 0.1) is 0 Å². The van der Waals surface area contributed by atoms with E-state index in [-0.39, 0.29) is 12.0 Å². The first-order valence-electron chi connectivity index (χ1n) is 11.6. The molecular weight excluding hydrogens is 418 g/mol. The Morgan fingerprint density at radius 2 is 1.82 bits per heavy atom. The Hall–Kier alpha value is -3.29. The van der Waals surface area contributed by atoms with E-state index >= 15 is 0 Å². The predicted octanol–water partition coefficient (Wildman–Crippen LogP) is 4.20. The Labute approximate surface area is 195 Å². The van der Waals surface area contributed by atoms with Gasteiger partial charge in [0, 0.05) is 43.1 Å². The highest BCUT2D eigenvalue weighted by molar-refractivity contribution is 6.08. The number of pyridine rings is 1. The molecular formula is C25H33N5O3. The number of nitrogen functional groups attached to an aromatic ring is 1. The summed E-state index contributed by atoms with van der Waals surface area (Å²) in [5, 5.41) is 2.89. The van der Waals surface area contributed by atoms with E-state index in [4.69, 9.17) is 10.5 Å². The van der Waals surface area contributed by atoms with Gasteiger partial charge < -0.3 is 25.6 Å². The standard InChI is InChI=1S/C25H33N5O3/c1-25(2,3)33-24(32)30-14-11-21-17(16-30)7-10-22(27-21)28-23(31)19-15-18(8-9-20(19)26)29-12-5-4-6-13-29/h7-10,15H,4-6,11-14,16,26H2,1-3H3,(H,27,28,31). The molecule has 4 rings (SSSR count). The highest BCUT2D eigenvalue weighted by atomic mass is 16.6. The number of hydrogen-bond donors (Lipinski definition) is 2. The molecule has 1 fully saturated rings. The van der Waals surface area contributed by atoms with Crippen LogP contribution in [0.1, 0.15) is 61.6 Å². The third-order valence-electron chi connectivity index (χ3n) is 5.94. The summed E-state index contributed by atoms with van der Waals surface area (Å²) in [4.78, 5) is 34.0. The third kappa shape index (κ3) is 5.56. The molecule has 0 saturated carbocycles. The molecule has 3 N–H and O–H groups in total. The zero-order valence-corrected chi connectivity index (χ0v) is 19.7. The number of benzene rings is 1. The van der Waals surface area contributed by atoms with Gasteiger partial charge in [-0.3, -0.25) is 4.79 Å². The lowest BCUT2D eigenvalue weighted by Gasteiger charge is -2.31. The normalized spacial score (nSPS) is 16.2. The molecule has 33 heavy (non-hydrogen) atoms. The highest BCUT2D eigenvalue weighted by Crippen LogP contribution is 2.26. The van der Waals surface area contributed by atoms with Crippen LogP contribution in [0.15, 0.2) is 30.3 Å². The molecule has 2 aromatic rings. The molecule has 8 heteroatoms. The quantitative estimate of drug-likeness (QED) is 0.679. The van der Waals surface area contributed by atoms with Crippen LogP contribution in [0.25, 0.3) is 0 Å². The van der Waals surface area contributed by atoms with Gasteiger partial charge in [0.1, 0.15) is 11.4 Å². The predicted molar refractivity (Wildman–Crippen MR) is 129 cm³/mol. The van der Waals surface area contributed by atoms with Crippen molar-refractivity contribution in [2.45, 2.75) is 58.6 Å². The fourth-order valence-corrected chi connectivity index (χ4v) is 4.24. The first-order chi connectivity index (χ1) is 15.7. The van der Waals surface area contributed by atoms with Crippen LogP contribution < -0.4 is 16.0 Å². The SMILES string of the molecule is CC(C)(C)OC(=O)N1CCc2nc(NC(=O)c3cc(N4CCCCC4)ccc3N)ccc2C1. The van der Waals surface area contributed by atoms with Crippen LogP contribution >= 0.6 is 0 Å². The van der Waals surface area contributed by atoms with Crippen molar-refractivity contribution in [2.24, 2.45) is 0 Å². The van der Waals surface area contributed by atoms with Crippen molar-refractivity contribution in [3.8, 4) is 0 Å². The van der Waals surface area contributed by atoms with E-state index in [9.17, 15) is 9.59 Å². The van der Waals surface area contributed by atoms with Gasteiger partial charge in [0.25, 0.3) is 5.91 Å². The van der Waals surface area contributed by atoms with Crippen molar-refractivity contribution in [1.29, 1.82) is 0 Å². The van der Waals surface area contributed by atoms with E-state index in [2.05, 4.69) is 15.2 Å². The van der Waals surface area contributed by atoms with Crippen molar-refractivity contribution in [1.82, 2.24) is 9.88 Å². The van der Waals surface area contributed by atoms with Gasteiger partial charge in [0.05, 0.1) is 12.1 Å². The number of nitrogens with two attached hydrogens (primary N) is 1. The van der Waals surface area contributed by atoms with Gasteiger partial charge in [-0.05, 0) is 69.9 Å². The summed E-state index contributed by atoms with van der Waals surface area (Å²) in [6.07, 6.45) is 3.85. The van der Waals surface area contributed by atoms with Gasteiger partial charge in [-0.15, -0.1) is 0 Å². The lowest BCUT2D eigenvalue weighted by Crippen LogP contribution is -2.40. The number of nitrogens with zero attached hydrogens (tertiary/aromatic N) is 3. The Morgan fingerprint density at radius 1 is 1.06 bits per heavy atom. The summed E-state index contributed by atoms with van der Waals surface area (Å²) in [7, 11) is 0. The topological polar surface area (TPSA) is 101 Å². The van der Waals surface area contributed by atoms with Gasteiger partial charge in [-0.1, -0.05) is 6.07 Å². The van der Waals surface area contributed by atoms with Crippen LogP contribution in [0.3, 0.4) is 0 Å². The third-order valence-corrected chi connectivity index (χ3v) is 5.94. The summed E-state index contributed by atoms with van der Waals surface area (Å²) in [6, 6.07) is 9.31. The molecule has 1 saturated heterocycles. The number of amides is 2. The molecule has 8 nitrogen and oxygen atoms in total. The van der Waals surface area contributed by atoms with Crippen molar-refractivity contribution in [3.63, 3.8) is 0 Å². The van der Waals surface area contributed by atoms with Crippen molar-refractivity contribution in [2.75, 3.05) is 35.6 Å². The molecule has 0 atom stereocenters. The molecule has 2 amide bonds. The first-order valence-corrected chi connectivity index (χ1v) is 11.6. The number of aromatic nitrogens is 1. The molecule has 2 aliphatic heterocycles. The number of rotatable bonds is 3. The van der Waals surface area contributed by atoms with E-state index in [1.807, 2.05) is 39.0 Å². The van der Waals surface area contributed by atoms with Crippen LogP contribution in [0.2, 0.25) is 0 Å². The van der Waals surface area contributed by atoms with Crippen LogP contribution in [0.5, 0.6) is 0 Å². The molecule has 176 valence electrons. The molecule has 0 aliphatic carbocycles. The smallest absolute Gasteiger partial charge is 0.410 e. The molecule has 1 aromatic carbocycles. The zero-order valence-electron chi connectivity index (χ0n) is 19.7. The zero-order chi connectivity index (χ0) is 23.6. The molecule has 1 aromatic heterocycles. The average molecular weight is 452 g/mol. The summed E-state index contributed by atoms with van der Waals surface area (Å²) in [6.45, 7) is 8.53. The van der Waals surface area contributed by atoms with Crippen molar-refractivity contribution in [3.05, 3.63) is 47.2 Å². The Balaban J connectivity index is 1.44. The number of nitrogens with one attached hydrogen (secondary N) is 1. The first kappa shape index (κ1) is 22.9. The fourth-order valence-electron chi connectivity index (χ4n) is 4.24. The number of carbonyl (C=O) groups excluding carboxylic acids is 2. The van der Waals surface area contributed by atoms with Crippen LogP contribution in [0.4, 0.5) is 22.0 Å². The minimum absolute atomic E-state index is 0.273. The number of anilines is 3. The van der Waals surface area contributed by atoms with Gasteiger partial charge >= 0.3 is 6.09 Å². The van der Waals surface area contributed by atoms with Gasteiger partial charge in [0.2, 0.25) is 0 Å². The van der Waals surface area contributed by atoms with Crippen LogP contribution in [-0.2, 0) is 17.7 Å². The minimum Gasteiger partial charge on any atom is -0.444 e. The number of fused-ring (bicyclic) bond motifs is 1. The second kappa shape index (κ2) is 9.29. The van der Waals surface area contributed by atoms with Crippen molar-refractivity contribution >= 4 is 29.2 Å². The number of carbonyl (C=O) groups is 2.